The Bertz CT molecular complexity index is 974. The zero-order valence-corrected chi connectivity index (χ0v) is 14.5. The van der Waals surface area contributed by atoms with Gasteiger partial charge in [-0.2, -0.15) is 5.10 Å². The van der Waals surface area contributed by atoms with Crippen LogP contribution in [0.3, 0.4) is 0 Å². The van der Waals surface area contributed by atoms with E-state index in [0.717, 1.165) is 11.1 Å². The van der Waals surface area contributed by atoms with E-state index in [1.54, 1.807) is 24.3 Å². The molecule has 1 aromatic heterocycles. The first-order chi connectivity index (χ1) is 12.0. The van der Waals surface area contributed by atoms with Gasteiger partial charge >= 0.3 is 0 Å². The van der Waals surface area contributed by atoms with Crippen molar-refractivity contribution in [3.05, 3.63) is 86.8 Å². The summed E-state index contributed by atoms with van der Waals surface area (Å²) in [4.78, 5) is 24.7. The van der Waals surface area contributed by atoms with E-state index in [9.17, 15) is 9.59 Å². The van der Waals surface area contributed by atoms with Crippen molar-refractivity contribution in [1.82, 2.24) is 9.78 Å². The van der Waals surface area contributed by atoms with E-state index in [4.69, 9.17) is 11.6 Å². The van der Waals surface area contributed by atoms with Gasteiger partial charge in [0.15, 0.2) is 5.69 Å². The molecule has 1 amide bonds. The van der Waals surface area contributed by atoms with Gasteiger partial charge in [0.25, 0.3) is 5.91 Å². The predicted octanol–water partition coefficient (Wildman–Crippen LogP) is 3.76. The summed E-state index contributed by atoms with van der Waals surface area (Å²) in [7, 11) is 0. The van der Waals surface area contributed by atoms with Gasteiger partial charge in [0.2, 0.25) is 5.43 Å². The second kappa shape index (κ2) is 6.91. The van der Waals surface area contributed by atoms with Crippen molar-refractivity contribution in [2.24, 2.45) is 0 Å². The van der Waals surface area contributed by atoms with Crippen LogP contribution in [0.2, 0.25) is 5.02 Å². The number of halogens is 1. The average molecular weight is 354 g/mol. The highest BCUT2D eigenvalue weighted by molar-refractivity contribution is 6.30. The maximum absolute atomic E-state index is 12.6. The Kier molecular flexibility index (Phi) is 4.67. The smallest absolute Gasteiger partial charge is 0.280 e. The largest absolute Gasteiger partial charge is 0.320 e. The molecule has 1 N–H and O–H groups in total. The first-order valence-corrected chi connectivity index (χ1v) is 8.07. The topological polar surface area (TPSA) is 64.0 Å². The number of nitrogens with zero attached hydrogens (tertiary/aromatic N) is 2. The van der Waals surface area contributed by atoms with Crippen LogP contribution in [-0.2, 0) is 0 Å². The summed E-state index contributed by atoms with van der Waals surface area (Å²) >= 11 is 5.88. The van der Waals surface area contributed by atoms with Gasteiger partial charge in [0.05, 0.1) is 5.69 Å². The molecule has 0 aliphatic heterocycles. The second-order valence-corrected chi connectivity index (χ2v) is 6.11. The number of carbonyl (C=O) groups excluding carboxylic acids is 1. The van der Waals surface area contributed by atoms with Crippen molar-refractivity contribution in [3.8, 4) is 5.69 Å². The fraction of sp³-hybridized carbons (Fsp3) is 0.105. The van der Waals surface area contributed by atoms with Crippen LogP contribution in [-0.4, -0.2) is 15.7 Å². The fourth-order valence-corrected chi connectivity index (χ4v) is 2.61. The lowest BCUT2D eigenvalue weighted by atomic mass is 10.1. The number of aryl methyl sites for hydroxylation is 2. The summed E-state index contributed by atoms with van der Waals surface area (Å²) in [5.41, 5.74) is 2.62. The number of amides is 1. The van der Waals surface area contributed by atoms with E-state index < -0.39 is 11.3 Å². The normalized spacial score (nSPS) is 10.5. The van der Waals surface area contributed by atoms with Gasteiger partial charge in [-0.1, -0.05) is 29.8 Å². The zero-order valence-electron chi connectivity index (χ0n) is 13.8. The summed E-state index contributed by atoms with van der Waals surface area (Å²) in [6, 6.07) is 14.0. The third-order valence-corrected chi connectivity index (χ3v) is 4.09. The molecule has 0 unspecified atom stereocenters. The molecule has 0 saturated carbocycles. The number of aromatic nitrogens is 2. The van der Waals surface area contributed by atoms with Crippen LogP contribution < -0.4 is 10.7 Å². The first kappa shape index (κ1) is 16.9. The van der Waals surface area contributed by atoms with Gasteiger partial charge in [-0.15, -0.1) is 0 Å². The summed E-state index contributed by atoms with van der Waals surface area (Å²) < 4.78 is 1.47. The minimum absolute atomic E-state index is 0.167. The van der Waals surface area contributed by atoms with E-state index in [0.29, 0.717) is 16.4 Å². The Balaban J connectivity index is 1.96. The second-order valence-electron chi connectivity index (χ2n) is 5.67. The number of carbonyl (C=O) groups is 1. The number of hydrogen-bond acceptors (Lipinski definition) is 3. The van der Waals surface area contributed by atoms with Gasteiger partial charge < -0.3 is 5.32 Å². The van der Waals surface area contributed by atoms with E-state index in [2.05, 4.69) is 10.4 Å². The molecule has 0 fully saturated rings. The van der Waals surface area contributed by atoms with Crippen LogP contribution in [0.1, 0.15) is 21.6 Å². The number of para-hydroxylation sites is 1. The van der Waals surface area contributed by atoms with Crippen LogP contribution in [0.4, 0.5) is 5.69 Å². The molecule has 5 nitrogen and oxygen atoms in total. The predicted molar refractivity (Wildman–Crippen MR) is 98.7 cm³/mol. The molecule has 1 heterocycles. The zero-order chi connectivity index (χ0) is 18.0. The Morgan fingerprint density at radius 1 is 1.04 bits per heavy atom. The number of hydrogen-bond donors (Lipinski definition) is 1. The molecule has 0 saturated heterocycles. The quantitative estimate of drug-likeness (QED) is 0.779. The SMILES string of the molecule is Cc1cccc(C)c1NC(=O)c1nn(-c2ccc(Cl)cc2)ccc1=O. The maximum atomic E-state index is 12.6. The van der Waals surface area contributed by atoms with Gasteiger partial charge in [0.1, 0.15) is 0 Å². The van der Waals surface area contributed by atoms with Crippen molar-refractivity contribution in [2.45, 2.75) is 13.8 Å². The molecular formula is C19H16ClN3O2. The summed E-state index contributed by atoms with van der Waals surface area (Å²) in [6.45, 7) is 3.79. The highest BCUT2D eigenvalue weighted by Gasteiger charge is 2.15. The van der Waals surface area contributed by atoms with Gasteiger partial charge in [0, 0.05) is 23.0 Å². The van der Waals surface area contributed by atoms with Crippen LogP contribution in [0.5, 0.6) is 0 Å². The molecule has 3 rings (SSSR count). The number of anilines is 1. The van der Waals surface area contributed by atoms with Crippen molar-refractivity contribution < 1.29 is 4.79 Å². The molecular weight excluding hydrogens is 338 g/mol. The molecule has 0 aliphatic carbocycles. The highest BCUT2D eigenvalue weighted by atomic mass is 35.5. The fourth-order valence-electron chi connectivity index (χ4n) is 2.49. The van der Waals surface area contributed by atoms with Crippen LogP contribution in [0, 0.1) is 13.8 Å². The molecule has 3 aromatic rings. The van der Waals surface area contributed by atoms with E-state index in [1.165, 1.54) is 16.9 Å². The van der Waals surface area contributed by atoms with Crippen molar-refractivity contribution in [3.63, 3.8) is 0 Å². The molecule has 0 spiro atoms. The molecule has 0 aliphatic rings. The standard InChI is InChI=1S/C19H16ClN3O2/c1-12-4-3-5-13(2)17(12)21-19(25)18-16(24)10-11-23(22-18)15-8-6-14(20)7-9-15/h3-11H,1-2H3,(H,21,25). The minimum atomic E-state index is -0.536. The summed E-state index contributed by atoms with van der Waals surface area (Å²) in [6.07, 6.45) is 1.52. The lowest BCUT2D eigenvalue weighted by molar-refractivity contribution is 0.101. The summed E-state index contributed by atoms with van der Waals surface area (Å²) in [5, 5.41) is 7.56. The lowest BCUT2D eigenvalue weighted by Gasteiger charge is -2.12. The number of rotatable bonds is 3. The van der Waals surface area contributed by atoms with Crippen LogP contribution in [0.25, 0.3) is 5.69 Å². The maximum Gasteiger partial charge on any atom is 0.280 e. The number of nitrogens with one attached hydrogen (secondary N) is 1. The first-order valence-electron chi connectivity index (χ1n) is 7.69. The molecule has 0 radical (unpaired) electrons. The lowest BCUT2D eigenvalue weighted by Crippen LogP contribution is -2.26. The average Bonchev–Trinajstić information content (AvgIpc) is 2.59. The van der Waals surface area contributed by atoms with Crippen LogP contribution >= 0.6 is 11.6 Å². The third-order valence-electron chi connectivity index (χ3n) is 3.83. The Labute approximate surface area is 149 Å². The van der Waals surface area contributed by atoms with E-state index in [1.807, 2.05) is 32.0 Å². The van der Waals surface area contributed by atoms with E-state index in [-0.39, 0.29) is 5.69 Å². The molecule has 0 atom stereocenters. The number of benzene rings is 2. The Morgan fingerprint density at radius 3 is 2.32 bits per heavy atom. The van der Waals surface area contributed by atoms with Gasteiger partial charge in [-0.05, 0) is 49.2 Å². The Morgan fingerprint density at radius 2 is 1.68 bits per heavy atom. The summed E-state index contributed by atoms with van der Waals surface area (Å²) in [5.74, 6) is -0.536. The molecule has 6 heteroatoms. The van der Waals surface area contributed by atoms with Crippen molar-refractivity contribution in [1.29, 1.82) is 0 Å². The molecule has 2 aromatic carbocycles. The van der Waals surface area contributed by atoms with Gasteiger partial charge in [-0.25, -0.2) is 4.68 Å². The monoisotopic (exact) mass is 353 g/mol. The van der Waals surface area contributed by atoms with Crippen molar-refractivity contribution >= 4 is 23.2 Å². The van der Waals surface area contributed by atoms with E-state index >= 15 is 0 Å². The molecule has 25 heavy (non-hydrogen) atoms. The van der Waals surface area contributed by atoms with Crippen molar-refractivity contribution in [2.75, 3.05) is 5.32 Å². The third kappa shape index (κ3) is 3.61. The highest BCUT2D eigenvalue weighted by Crippen LogP contribution is 2.19. The minimum Gasteiger partial charge on any atom is -0.320 e. The van der Waals surface area contributed by atoms with Gasteiger partial charge in [-0.3, -0.25) is 9.59 Å². The Hall–Kier alpha value is -2.92. The molecule has 0 bridgehead atoms. The molecule has 126 valence electrons. The van der Waals surface area contributed by atoms with Crippen LogP contribution in [0.15, 0.2) is 59.5 Å².